The van der Waals surface area contributed by atoms with Gasteiger partial charge in [-0.25, -0.2) is 0 Å². The summed E-state index contributed by atoms with van der Waals surface area (Å²) in [4.78, 5) is 4.72. The van der Waals surface area contributed by atoms with Crippen molar-refractivity contribution in [2.75, 3.05) is 0 Å². The van der Waals surface area contributed by atoms with Crippen molar-refractivity contribution < 1.29 is 8.53 Å². The molecule has 0 saturated heterocycles. The molecule has 4 aromatic rings. The van der Waals surface area contributed by atoms with Gasteiger partial charge in [-0.2, -0.15) is 0 Å². The summed E-state index contributed by atoms with van der Waals surface area (Å²) in [5.41, 5.74) is 4.77. The van der Waals surface area contributed by atoms with Crippen LogP contribution in [0, 0.1) is 6.85 Å². The minimum Gasteiger partial charge on any atom is -0.455 e. The predicted molar refractivity (Wildman–Crippen MR) is 103 cm³/mol. The monoisotopic (exact) mass is 330 g/mol. The quantitative estimate of drug-likeness (QED) is 0.413. The van der Waals surface area contributed by atoms with E-state index < -0.39 is 6.85 Å². The molecule has 124 valence electrons. The van der Waals surface area contributed by atoms with Crippen molar-refractivity contribution in [3.05, 3.63) is 65.9 Å². The Bertz CT molecular complexity index is 1150. The summed E-state index contributed by atoms with van der Waals surface area (Å²) in [6, 6.07) is 15.4. The molecule has 0 radical (unpaired) electrons. The van der Waals surface area contributed by atoms with E-state index in [1.807, 2.05) is 30.5 Å². The molecule has 0 bridgehead atoms. The predicted octanol–water partition coefficient (Wildman–Crippen LogP) is 6.61. The zero-order chi connectivity index (χ0) is 19.3. The molecule has 5 rings (SSSR count). The zero-order valence-corrected chi connectivity index (χ0v) is 14.0. The van der Waals surface area contributed by atoms with Gasteiger partial charge in [0.2, 0.25) is 0 Å². The molecule has 0 unspecified atom stereocenters. The molecule has 1 saturated carbocycles. The summed E-state index contributed by atoms with van der Waals surface area (Å²) in [5.74, 6) is 0.641. The van der Waals surface area contributed by atoms with Crippen molar-refractivity contribution in [3.8, 4) is 11.3 Å². The molecule has 0 amide bonds. The lowest BCUT2D eigenvalue weighted by Crippen LogP contribution is -1.94. The normalized spacial score (nSPS) is 17.7. The standard InChI is InChI=1S/C23H21NO/c1-15-9-11-18-19-7-4-8-20(23(19)25-22(18)13-15)21-12-10-17(14-24-21)16-5-2-3-6-16/h4,7-14,16H,2-3,5-6H2,1H3/i1D3. The molecule has 2 nitrogen and oxygen atoms in total. The highest BCUT2D eigenvalue weighted by atomic mass is 16.3. The number of benzene rings is 2. The van der Waals surface area contributed by atoms with Crippen LogP contribution in [0.1, 0.15) is 46.8 Å². The van der Waals surface area contributed by atoms with Gasteiger partial charge in [0.25, 0.3) is 0 Å². The topological polar surface area (TPSA) is 26.0 Å². The van der Waals surface area contributed by atoms with Gasteiger partial charge >= 0.3 is 0 Å². The van der Waals surface area contributed by atoms with Crippen LogP contribution in [0.15, 0.2) is 59.1 Å². The average molecular weight is 330 g/mol. The number of furan rings is 1. The van der Waals surface area contributed by atoms with Crippen molar-refractivity contribution in [2.45, 2.75) is 38.5 Å². The van der Waals surface area contributed by atoms with Gasteiger partial charge in [0.05, 0.1) is 5.69 Å². The highest BCUT2D eigenvalue weighted by Crippen LogP contribution is 2.37. The number of hydrogen-bond donors (Lipinski definition) is 0. The number of aryl methyl sites for hydroxylation is 1. The van der Waals surface area contributed by atoms with E-state index in [2.05, 4.69) is 12.1 Å². The molecule has 1 fully saturated rings. The molecule has 2 aromatic carbocycles. The number of pyridine rings is 1. The van der Waals surface area contributed by atoms with Crippen LogP contribution in [0.25, 0.3) is 33.2 Å². The fraction of sp³-hybridized carbons (Fsp3) is 0.261. The third-order valence-corrected chi connectivity index (χ3v) is 5.39. The molecule has 1 aliphatic rings. The van der Waals surface area contributed by atoms with E-state index in [9.17, 15) is 0 Å². The molecule has 0 aliphatic heterocycles. The maximum absolute atomic E-state index is 7.63. The fourth-order valence-electron chi connectivity index (χ4n) is 4.07. The highest BCUT2D eigenvalue weighted by Gasteiger charge is 2.18. The summed E-state index contributed by atoms with van der Waals surface area (Å²) in [6.45, 7) is -2.15. The van der Waals surface area contributed by atoms with Crippen molar-refractivity contribution >= 4 is 21.9 Å². The summed E-state index contributed by atoms with van der Waals surface area (Å²) in [5, 5.41) is 1.90. The first-order valence-corrected chi connectivity index (χ1v) is 8.93. The van der Waals surface area contributed by atoms with E-state index in [0.29, 0.717) is 17.1 Å². The van der Waals surface area contributed by atoms with E-state index in [0.717, 1.165) is 27.6 Å². The second-order valence-corrected chi connectivity index (χ2v) is 6.95. The van der Waals surface area contributed by atoms with Gasteiger partial charge in [-0.05, 0) is 54.9 Å². The SMILES string of the molecule is [2H]C([2H])([2H])c1ccc2c(c1)oc1c(-c3ccc(C4CCCC4)cn3)cccc12. The summed E-state index contributed by atoms with van der Waals surface area (Å²) in [7, 11) is 0. The van der Waals surface area contributed by atoms with Crippen LogP contribution in [0.2, 0.25) is 0 Å². The lowest BCUT2D eigenvalue weighted by Gasteiger charge is -2.09. The second kappa shape index (κ2) is 5.73. The van der Waals surface area contributed by atoms with E-state index in [-0.39, 0.29) is 0 Å². The van der Waals surface area contributed by atoms with Crippen molar-refractivity contribution in [1.29, 1.82) is 0 Å². The van der Waals surface area contributed by atoms with Crippen LogP contribution >= 0.6 is 0 Å². The summed E-state index contributed by atoms with van der Waals surface area (Å²) >= 11 is 0. The van der Waals surface area contributed by atoms with Crippen molar-refractivity contribution in [1.82, 2.24) is 4.98 Å². The van der Waals surface area contributed by atoms with Gasteiger partial charge in [-0.3, -0.25) is 4.98 Å². The van der Waals surface area contributed by atoms with E-state index in [4.69, 9.17) is 13.5 Å². The van der Waals surface area contributed by atoms with Crippen LogP contribution in [-0.4, -0.2) is 4.98 Å². The van der Waals surface area contributed by atoms with Crippen LogP contribution in [-0.2, 0) is 0 Å². The Morgan fingerprint density at radius 3 is 2.76 bits per heavy atom. The summed E-state index contributed by atoms with van der Waals surface area (Å²) in [6.07, 6.45) is 7.13. The minimum absolute atomic E-state index is 0.291. The smallest absolute Gasteiger partial charge is 0.144 e. The Morgan fingerprint density at radius 2 is 1.96 bits per heavy atom. The number of rotatable bonds is 2. The molecule has 2 aromatic heterocycles. The molecular weight excluding hydrogens is 306 g/mol. The van der Waals surface area contributed by atoms with E-state index in [1.165, 1.54) is 31.2 Å². The molecule has 1 aliphatic carbocycles. The molecule has 25 heavy (non-hydrogen) atoms. The largest absolute Gasteiger partial charge is 0.455 e. The minimum atomic E-state index is -2.15. The first-order chi connectivity index (χ1) is 13.5. The molecule has 0 N–H and O–H groups in total. The Kier molecular flexibility index (Phi) is 2.72. The first kappa shape index (κ1) is 11.9. The number of aromatic nitrogens is 1. The van der Waals surface area contributed by atoms with Gasteiger partial charge in [0, 0.05) is 26.6 Å². The second-order valence-electron chi connectivity index (χ2n) is 6.95. The molecule has 0 atom stereocenters. The van der Waals surface area contributed by atoms with Crippen LogP contribution in [0.5, 0.6) is 0 Å². The van der Waals surface area contributed by atoms with E-state index in [1.54, 1.807) is 12.1 Å². The van der Waals surface area contributed by atoms with Gasteiger partial charge < -0.3 is 4.42 Å². The Morgan fingerprint density at radius 1 is 1.04 bits per heavy atom. The fourth-order valence-corrected chi connectivity index (χ4v) is 4.07. The number of nitrogens with zero attached hydrogens (tertiary/aromatic N) is 1. The highest BCUT2D eigenvalue weighted by molar-refractivity contribution is 6.09. The molecule has 2 heteroatoms. The van der Waals surface area contributed by atoms with E-state index >= 15 is 0 Å². The van der Waals surface area contributed by atoms with Crippen molar-refractivity contribution in [3.63, 3.8) is 0 Å². The number of fused-ring (bicyclic) bond motifs is 3. The Labute approximate surface area is 151 Å². The first-order valence-electron chi connectivity index (χ1n) is 10.4. The molecular formula is C23H21NO. The lowest BCUT2D eigenvalue weighted by atomic mass is 9.98. The molecule has 0 spiro atoms. The van der Waals surface area contributed by atoms with Gasteiger partial charge in [-0.1, -0.05) is 43.2 Å². The van der Waals surface area contributed by atoms with Gasteiger partial charge in [-0.15, -0.1) is 0 Å². The number of hydrogen-bond acceptors (Lipinski definition) is 2. The maximum Gasteiger partial charge on any atom is 0.144 e. The maximum atomic E-state index is 7.63. The average Bonchev–Trinajstić information content (AvgIpc) is 3.34. The molecule has 2 heterocycles. The zero-order valence-electron chi connectivity index (χ0n) is 17.0. The lowest BCUT2D eigenvalue weighted by molar-refractivity contribution is 0.669. The van der Waals surface area contributed by atoms with Crippen LogP contribution in [0.3, 0.4) is 0 Å². The summed E-state index contributed by atoms with van der Waals surface area (Å²) < 4.78 is 29.0. The Balaban J connectivity index is 1.61. The third-order valence-electron chi connectivity index (χ3n) is 5.39. The van der Waals surface area contributed by atoms with Gasteiger partial charge in [0.15, 0.2) is 0 Å². The Hall–Kier alpha value is -2.61. The van der Waals surface area contributed by atoms with Crippen LogP contribution < -0.4 is 0 Å². The van der Waals surface area contributed by atoms with Gasteiger partial charge in [0.1, 0.15) is 11.2 Å². The third kappa shape index (κ3) is 2.44. The van der Waals surface area contributed by atoms with Crippen molar-refractivity contribution in [2.24, 2.45) is 0 Å². The van der Waals surface area contributed by atoms with Crippen LogP contribution in [0.4, 0.5) is 0 Å². The number of para-hydroxylation sites is 1.